The quantitative estimate of drug-likeness (QED) is 0.552. The molecule has 0 unspecified atom stereocenters. The molecule has 3 aromatic rings. The monoisotopic (exact) mass is 473 g/mol. The van der Waals surface area contributed by atoms with Gasteiger partial charge in [0.2, 0.25) is 0 Å². The number of aromatic nitrogens is 2. The van der Waals surface area contributed by atoms with Gasteiger partial charge in [-0.25, -0.2) is 0 Å². The fraction of sp³-hybridized carbons (Fsp3) is 0.286. The van der Waals surface area contributed by atoms with Crippen LogP contribution in [0.15, 0.2) is 51.7 Å². The van der Waals surface area contributed by atoms with Gasteiger partial charge >= 0.3 is 0 Å². The van der Waals surface area contributed by atoms with Gasteiger partial charge < -0.3 is 15.0 Å². The van der Waals surface area contributed by atoms with Gasteiger partial charge in [0.25, 0.3) is 11.5 Å². The van der Waals surface area contributed by atoms with E-state index in [0.29, 0.717) is 34.3 Å². The van der Waals surface area contributed by atoms with Crippen LogP contribution in [0.3, 0.4) is 0 Å². The lowest BCUT2D eigenvalue weighted by molar-refractivity contribution is 0.0858. The first-order chi connectivity index (χ1) is 14.0. The molecule has 6 nitrogen and oxygen atoms in total. The Bertz CT molecular complexity index is 1180. The number of aromatic amines is 1. The number of carbonyl (C=O) groups is 1. The van der Waals surface area contributed by atoms with Crippen molar-refractivity contribution < 1.29 is 9.53 Å². The van der Waals surface area contributed by atoms with E-state index in [1.165, 1.54) is 4.57 Å². The van der Waals surface area contributed by atoms with Crippen molar-refractivity contribution in [3.8, 4) is 0 Å². The van der Waals surface area contributed by atoms with E-state index >= 15 is 0 Å². The molecule has 0 aliphatic carbocycles. The minimum atomic E-state index is -0.194. The molecule has 1 fully saturated rings. The van der Waals surface area contributed by atoms with E-state index in [9.17, 15) is 9.59 Å². The van der Waals surface area contributed by atoms with Crippen molar-refractivity contribution in [2.75, 3.05) is 13.2 Å². The van der Waals surface area contributed by atoms with Crippen molar-refractivity contribution in [2.24, 2.45) is 0 Å². The third kappa shape index (κ3) is 4.49. The molecule has 0 bridgehead atoms. The molecule has 1 aliphatic heterocycles. The van der Waals surface area contributed by atoms with Crippen molar-refractivity contribution in [3.05, 3.63) is 73.2 Å². The maximum absolute atomic E-state index is 13.0. The molecule has 150 valence electrons. The van der Waals surface area contributed by atoms with Crippen LogP contribution < -0.4 is 10.9 Å². The summed E-state index contributed by atoms with van der Waals surface area (Å²) < 4.78 is 8.31. The Morgan fingerprint density at radius 1 is 1.31 bits per heavy atom. The first kappa shape index (κ1) is 20.0. The predicted molar refractivity (Wildman–Crippen MR) is 118 cm³/mol. The fourth-order valence-electron chi connectivity index (χ4n) is 3.47. The number of carbonyl (C=O) groups excluding carboxylic acids is 1. The van der Waals surface area contributed by atoms with Crippen LogP contribution in [-0.4, -0.2) is 34.7 Å². The number of amides is 1. The maximum atomic E-state index is 13.0. The summed E-state index contributed by atoms with van der Waals surface area (Å²) in [6.07, 6.45) is 2.07. The third-order valence-electron chi connectivity index (χ3n) is 4.99. The van der Waals surface area contributed by atoms with E-state index in [-0.39, 0.29) is 17.6 Å². The van der Waals surface area contributed by atoms with Crippen LogP contribution in [-0.2, 0) is 11.3 Å². The Balaban J connectivity index is 1.60. The normalized spacial score (nSPS) is 16.2. The molecule has 1 saturated heterocycles. The molecule has 2 aromatic carbocycles. The first-order valence-corrected chi connectivity index (χ1v) is 10.6. The Kier molecular flexibility index (Phi) is 5.94. The lowest BCUT2D eigenvalue weighted by Crippen LogP contribution is -2.31. The van der Waals surface area contributed by atoms with Crippen LogP contribution >= 0.6 is 28.1 Å². The average molecular weight is 474 g/mol. The van der Waals surface area contributed by atoms with Crippen LogP contribution in [0.5, 0.6) is 0 Å². The number of nitrogens with one attached hydrogen (secondary N) is 2. The first-order valence-electron chi connectivity index (χ1n) is 9.42. The van der Waals surface area contributed by atoms with Gasteiger partial charge in [0, 0.05) is 23.2 Å². The molecule has 8 heteroatoms. The van der Waals surface area contributed by atoms with Gasteiger partial charge in [-0.15, -0.1) is 0 Å². The van der Waals surface area contributed by atoms with Gasteiger partial charge in [-0.3, -0.25) is 14.2 Å². The zero-order chi connectivity index (χ0) is 20.4. The molecule has 1 atom stereocenters. The Labute approximate surface area is 181 Å². The standard InChI is InChI=1S/C21H20BrN3O3S/c22-15-4-1-3-13(9-15)12-25-20(27)17-7-6-14(10-18(17)24-21(25)29)19(26)23-11-16-5-2-8-28-16/h1,3-4,6-7,9-10,16H,2,5,8,11-12H2,(H,23,26)(H,24,29)/t16-/m0/s1. The SMILES string of the molecule is O=C(NC[C@@H]1CCCO1)c1ccc2c(=O)n(Cc3cccc(Br)c3)c(=S)[nH]c2c1. The van der Waals surface area contributed by atoms with E-state index in [1.54, 1.807) is 18.2 Å². The highest BCUT2D eigenvalue weighted by atomic mass is 79.9. The summed E-state index contributed by atoms with van der Waals surface area (Å²) in [5.41, 5.74) is 1.81. The zero-order valence-corrected chi connectivity index (χ0v) is 18.0. The number of fused-ring (bicyclic) bond motifs is 1. The number of hydrogen-bond donors (Lipinski definition) is 2. The van der Waals surface area contributed by atoms with Crippen molar-refractivity contribution >= 4 is 45.0 Å². The lowest BCUT2D eigenvalue weighted by atomic mass is 10.1. The second kappa shape index (κ2) is 8.61. The third-order valence-corrected chi connectivity index (χ3v) is 5.80. The summed E-state index contributed by atoms with van der Waals surface area (Å²) in [5, 5.41) is 3.38. The Morgan fingerprint density at radius 2 is 2.17 bits per heavy atom. The highest BCUT2D eigenvalue weighted by Gasteiger charge is 2.17. The molecular weight excluding hydrogens is 454 g/mol. The molecule has 0 radical (unpaired) electrons. The van der Waals surface area contributed by atoms with Crippen LogP contribution in [0.25, 0.3) is 10.9 Å². The zero-order valence-electron chi connectivity index (χ0n) is 15.6. The van der Waals surface area contributed by atoms with E-state index in [0.717, 1.165) is 29.5 Å². The molecule has 2 N–H and O–H groups in total. The molecule has 1 aliphatic rings. The number of H-pyrrole nitrogens is 1. The summed E-state index contributed by atoms with van der Waals surface area (Å²) in [6, 6.07) is 12.7. The second-order valence-electron chi connectivity index (χ2n) is 7.06. The van der Waals surface area contributed by atoms with Crippen LogP contribution in [0.1, 0.15) is 28.8 Å². The summed E-state index contributed by atoms with van der Waals surface area (Å²) >= 11 is 8.85. The fourth-order valence-corrected chi connectivity index (χ4v) is 4.18. The highest BCUT2D eigenvalue weighted by Crippen LogP contribution is 2.15. The smallest absolute Gasteiger partial charge is 0.262 e. The van der Waals surface area contributed by atoms with Crippen LogP contribution in [0.2, 0.25) is 0 Å². The number of halogens is 1. The summed E-state index contributed by atoms with van der Waals surface area (Å²) in [5.74, 6) is -0.194. The lowest BCUT2D eigenvalue weighted by Gasteiger charge is -2.12. The molecule has 0 spiro atoms. The van der Waals surface area contributed by atoms with Gasteiger partial charge in [-0.05, 0) is 61.0 Å². The molecule has 0 saturated carbocycles. The van der Waals surface area contributed by atoms with Gasteiger partial charge in [-0.2, -0.15) is 0 Å². The highest BCUT2D eigenvalue weighted by molar-refractivity contribution is 9.10. The van der Waals surface area contributed by atoms with Crippen molar-refractivity contribution in [1.29, 1.82) is 0 Å². The van der Waals surface area contributed by atoms with E-state index in [4.69, 9.17) is 17.0 Å². The number of nitrogens with zero attached hydrogens (tertiary/aromatic N) is 1. The molecule has 4 rings (SSSR count). The number of hydrogen-bond acceptors (Lipinski definition) is 4. The van der Waals surface area contributed by atoms with Gasteiger partial charge in [0.05, 0.1) is 23.6 Å². The molecule has 1 aromatic heterocycles. The number of rotatable bonds is 5. The van der Waals surface area contributed by atoms with Crippen LogP contribution in [0, 0.1) is 4.77 Å². The topological polar surface area (TPSA) is 76.1 Å². The maximum Gasteiger partial charge on any atom is 0.262 e. The minimum Gasteiger partial charge on any atom is -0.376 e. The van der Waals surface area contributed by atoms with Gasteiger partial charge in [0.15, 0.2) is 4.77 Å². The van der Waals surface area contributed by atoms with E-state index in [2.05, 4.69) is 26.2 Å². The van der Waals surface area contributed by atoms with Gasteiger partial charge in [0.1, 0.15) is 0 Å². The van der Waals surface area contributed by atoms with Crippen molar-refractivity contribution in [2.45, 2.75) is 25.5 Å². The van der Waals surface area contributed by atoms with Crippen LogP contribution in [0.4, 0.5) is 0 Å². The largest absolute Gasteiger partial charge is 0.376 e. The molecular formula is C21H20BrN3O3S. The summed E-state index contributed by atoms with van der Waals surface area (Å²) in [4.78, 5) is 28.5. The minimum absolute atomic E-state index is 0.0791. The van der Waals surface area contributed by atoms with E-state index in [1.807, 2.05) is 24.3 Å². The predicted octanol–water partition coefficient (Wildman–Crippen LogP) is 3.78. The summed E-state index contributed by atoms with van der Waals surface area (Å²) in [7, 11) is 0. The average Bonchev–Trinajstić information content (AvgIpc) is 3.22. The summed E-state index contributed by atoms with van der Waals surface area (Å²) in [6.45, 7) is 1.60. The second-order valence-corrected chi connectivity index (χ2v) is 8.36. The molecule has 1 amide bonds. The van der Waals surface area contributed by atoms with Crippen molar-refractivity contribution in [3.63, 3.8) is 0 Å². The molecule has 2 heterocycles. The Hall–Kier alpha value is -2.29. The number of ether oxygens (including phenoxy) is 1. The van der Waals surface area contributed by atoms with E-state index < -0.39 is 0 Å². The van der Waals surface area contributed by atoms with Gasteiger partial charge in [-0.1, -0.05) is 28.1 Å². The Morgan fingerprint density at radius 3 is 2.93 bits per heavy atom. The molecule has 29 heavy (non-hydrogen) atoms. The number of benzene rings is 2. The van der Waals surface area contributed by atoms with Crippen molar-refractivity contribution in [1.82, 2.24) is 14.9 Å².